The maximum Gasteiger partial charge on any atom is 0.411 e. The fourth-order valence-electron chi connectivity index (χ4n) is 5.11. The number of carbonyl (C=O) groups is 2. The Bertz CT molecular complexity index is 1440. The van der Waals surface area contributed by atoms with Crippen LogP contribution in [0.4, 0.5) is 10.5 Å². The molecule has 0 atom stereocenters. The van der Waals surface area contributed by atoms with Crippen molar-refractivity contribution in [2.75, 3.05) is 12.4 Å². The predicted octanol–water partition coefficient (Wildman–Crippen LogP) is 6.20. The van der Waals surface area contributed by atoms with E-state index in [1.54, 1.807) is 13.2 Å². The van der Waals surface area contributed by atoms with Gasteiger partial charge >= 0.3 is 6.09 Å². The summed E-state index contributed by atoms with van der Waals surface area (Å²) in [5, 5.41) is 6.89. The Balaban J connectivity index is 1.31. The van der Waals surface area contributed by atoms with Gasteiger partial charge in [0.1, 0.15) is 11.9 Å². The van der Waals surface area contributed by atoms with Crippen molar-refractivity contribution in [3.8, 4) is 5.75 Å². The van der Waals surface area contributed by atoms with Gasteiger partial charge in [-0.1, -0.05) is 36.4 Å². The Morgan fingerprint density at radius 1 is 0.974 bits per heavy atom. The van der Waals surface area contributed by atoms with E-state index in [0.29, 0.717) is 30.0 Å². The highest BCUT2D eigenvalue weighted by Gasteiger charge is 2.20. The molecule has 1 heterocycles. The van der Waals surface area contributed by atoms with Crippen LogP contribution < -0.4 is 15.4 Å². The van der Waals surface area contributed by atoms with E-state index in [1.807, 2.05) is 67.7 Å². The van der Waals surface area contributed by atoms with Crippen LogP contribution >= 0.6 is 0 Å². The van der Waals surface area contributed by atoms with Gasteiger partial charge in [-0.15, -0.1) is 0 Å². The van der Waals surface area contributed by atoms with Crippen LogP contribution in [-0.2, 0) is 24.8 Å². The monoisotopic (exact) mass is 511 g/mol. The predicted molar refractivity (Wildman–Crippen MR) is 149 cm³/mol. The summed E-state index contributed by atoms with van der Waals surface area (Å²) >= 11 is 0. The summed E-state index contributed by atoms with van der Waals surface area (Å²) in [6.07, 6.45) is 6.40. The van der Waals surface area contributed by atoms with Crippen LogP contribution in [0.3, 0.4) is 0 Å². The first-order valence-electron chi connectivity index (χ1n) is 13.0. The molecule has 1 saturated carbocycles. The van der Waals surface area contributed by atoms with Crippen LogP contribution in [0, 0.1) is 0 Å². The number of amides is 2. The molecule has 1 aliphatic rings. The maximum atomic E-state index is 12.8. The number of rotatable bonds is 8. The van der Waals surface area contributed by atoms with Crippen molar-refractivity contribution in [3.05, 3.63) is 95.2 Å². The summed E-state index contributed by atoms with van der Waals surface area (Å²) in [6, 6.07) is 21.2. The summed E-state index contributed by atoms with van der Waals surface area (Å²) in [6.45, 7) is 0.463. The molecule has 0 saturated heterocycles. The lowest BCUT2D eigenvalue weighted by Crippen LogP contribution is -2.22. The number of methoxy groups -OCH3 is 1. The molecule has 0 radical (unpaired) electrons. The highest BCUT2D eigenvalue weighted by molar-refractivity contribution is 5.95. The van der Waals surface area contributed by atoms with Gasteiger partial charge in [-0.2, -0.15) is 0 Å². The molecule has 2 amide bonds. The van der Waals surface area contributed by atoms with E-state index in [-0.39, 0.29) is 12.0 Å². The average Bonchev–Trinajstić information content (AvgIpc) is 3.55. The third-order valence-electron chi connectivity index (χ3n) is 7.12. The highest BCUT2D eigenvalue weighted by atomic mass is 16.6. The fraction of sp³-hybridized carbons (Fsp3) is 0.290. The zero-order valence-corrected chi connectivity index (χ0v) is 21.8. The number of anilines is 1. The molecule has 0 aliphatic heterocycles. The minimum Gasteiger partial charge on any atom is -0.496 e. The zero-order chi connectivity index (χ0) is 26.5. The normalized spacial score (nSPS) is 13.4. The molecule has 4 aromatic rings. The Morgan fingerprint density at radius 2 is 1.76 bits per heavy atom. The summed E-state index contributed by atoms with van der Waals surface area (Å²) in [7, 11) is 3.62. The van der Waals surface area contributed by atoms with Gasteiger partial charge in [-0.3, -0.25) is 10.1 Å². The van der Waals surface area contributed by atoms with Gasteiger partial charge in [0.05, 0.1) is 7.11 Å². The lowest BCUT2D eigenvalue weighted by atomic mass is 10.0. The maximum absolute atomic E-state index is 12.8. The number of nitrogens with one attached hydrogen (secondary N) is 2. The van der Waals surface area contributed by atoms with Crippen molar-refractivity contribution in [1.82, 2.24) is 9.88 Å². The number of aromatic nitrogens is 1. The number of fused-ring (bicyclic) bond motifs is 1. The molecule has 1 aromatic heterocycles. The SMILES string of the molecule is COc1cc(C(=O)NCc2ccccc2)ccc1Cc1cn(C)c2ccc(NC(=O)OC3CCCC3)cc12. The van der Waals surface area contributed by atoms with Crippen LogP contribution in [0.25, 0.3) is 10.9 Å². The molecule has 0 unspecified atom stereocenters. The molecule has 7 nitrogen and oxygen atoms in total. The molecule has 5 rings (SSSR count). The van der Waals surface area contributed by atoms with Crippen molar-refractivity contribution in [2.24, 2.45) is 7.05 Å². The fourth-order valence-corrected chi connectivity index (χ4v) is 5.11. The molecule has 1 aliphatic carbocycles. The molecule has 2 N–H and O–H groups in total. The van der Waals surface area contributed by atoms with Crippen LogP contribution in [0.15, 0.2) is 72.9 Å². The quantitative estimate of drug-likeness (QED) is 0.295. The van der Waals surface area contributed by atoms with Gasteiger partial charge in [0.15, 0.2) is 0 Å². The lowest BCUT2D eigenvalue weighted by molar-refractivity contribution is 0.0950. The van der Waals surface area contributed by atoms with Crippen LogP contribution in [-0.4, -0.2) is 29.8 Å². The Hall–Kier alpha value is -4.26. The largest absolute Gasteiger partial charge is 0.496 e. The molecule has 7 heteroatoms. The average molecular weight is 512 g/mol. The summed E-state index contributed by atoms with van der Waals surface area (Å²) in [4.78, 5) is 25.1. The van der Waals surface area contributed by atoms with Crippen molar-refractivity contribution in [1.29, 1.82) is 0 Å². The third-order valence-corrected chi connectivity index (χ3v) is 7.12. The molecule has 1 fully saturated rings. The molecular weight excluding hydrogens is 478 g/mol. The summed E-state index contributed by atoms with van der Waals surface area (Å²) in [5.74, 6) is 0.507. The molecule has 0 bridgehead atoms. The lowest BCUT2D eigenvalue weighted by Gasteiger charge is -2.13. The van der Waals surface area contributed by atoms with Crippen molar-refractivity contribution < 1.29 is 19.1 Å². The Labute approximate surface area is 222 Å². The van der Waals surface area contributed by atoms with Gasteiger partial charge in [0, 0.05) is 48.4 Å². The number of hydrogen-bond donors (Lipinski definition) is 2. The molecule has 3 aromatic carbocycles. The smallest absolute Gasteiger partial charge is 0.411 e. The van der Waals surface area contributed by atoms with Gasteiger partial charge in [0.25, 0.3) is 5.91 Å². The van der Waals surface area contributed by atoms with E-state index in [2.05, 4.69) is 21.4 Å². The first-order valence-corrected chi connectivity index (χ1v) is 13.0. The number of aryl methyl sites for hydroxylation is 1. The highest BCUT2D eigenvalue weighted by Crippen LogP contribution is 2.30. The Morgan fingerprint density at radius 3 is 2.53 bits per heavy atom. The second-order valence-corrected chi connectivity index (χ2v) is 9.81. The van der Waals surface area contributed by atoms with Gasteiger partial charge < -0.3 is 19.4 Å². The minimum absolute atomic E-state index is 0.0156. The second-order valence-electron chi connectivity index (χ2n) is 9.81. The summed E-state index contributed by atoms with van der Waals surface area (Å²) < 4.78 is 13.3. The molecule has 0 spiro atoms. The van der Waals surface area contributed by atoms with Crippen LogP contribution in [0.5, 0.6) is 5.75 Å². The van der Waals surface area contributed by atoms with E-state index < -0.39 is 6.09 Å². The standard InChI is InChI=1S/C31H33N3O4/c1-34-20-24(27-18-25(14-15-28(27)34)33-31(36)38-26-10-6-7-11-26)16-22-12-13-23(17-29(22)37-2)30(35)32-19-21-8-4-3-5-9-21/h3-5,8-9,12-15,17-18,20,26H,6-7,10-11,16,19H2,1-2H3,(H,32,35)(H,33,36). The van der Waals surface area contributed by atoms with Gasteiger partial charge in [0.2, 0.25) is 0 Å². The number of hydrogen-bond acceptors (Lipinski definition) is 4. The molecule has 38 heavy (non-hydrogen) atoms. The van der Waals surface area contributed by atoms with Crippen molar-refractivity contribution in [2.45, 2.75) is 44.8 Å². The molecule has 196 valence electrons. The zero-order valence-electron chi connectivity index (χ0n) is 21.8. The van der Waals surface area contributed by atoms with E-state index >= 15 is 0 Å². The number of carbonyl (C=O) groups excluding carboxylic acids is 2. The second kappa shape index (κ2) is 11.4. The van der Waals surface area contributed by atoms with E-state index in [1.165, 1.54) is 0 Å². The van der Waals surface area contributed by atoms with Gasteiger partial charge in [-0.25, -0.2) is 4.79 Å². The van der Waals surface area contributed by atoms with Crippen molar-refractivity contribution in [3.63, 3.8) is 0 Å². The van der Waals surface area contributed by atoms with E-state index in [4.69, 9.17) is 9.47 Å². The molecular formula is C31H33N3O4. The van der Waals surface area contributed by atoms with Crippen LogP contribution in [0.2, 0.25) is 0 Å². The number of nitrogens with zero attached hydrogens (tertiary/aromatic N) is 1. The Kier molecular flexibility index (Phi) is 7.63. The first-order chi connectivity index (χ1) is 18.5. The van der Waals surface area contributed by atoms with Crippen molar-refractivity contribution >= 4 is 28.6 Å². The number of benzene rings is 3. The minimum atomic E-state index is -0.406. The van der Waals surface area contributed by atoms with Gasteiger partial charge in [-0.05, 0) is 72.7 Å². The van der Waals surface area contributed by atoms with Crippen LogP contribution in [0.1, 0.15) is 52.7 Å². The number of ether oxygens (including phenoxy) is 2. The topological polar surface area (TPSA) is 81.6 Å². The third kappa shape index (κ3) is 5.83. The first kappa shape index (κ1) is 25.4. The van der Waals surface area contributed by atoms with E-state index in [0.717, 1.165) is 53.3 Å². The summed E-state index contributed by atoms with van der Waals surface area (Å²) in [5.41, 5.74) is 5.41. The van der Waals surface area contributed by atoms with E-state index in [9.17, 15) is 9.59 Å².